The maximum atomic E-state index is 12.8. The van der Waals surface area contributed by atoms with Crippen molar-refractivity contribution < 1.29 is 15.4 Å². The molecule has 0 saturated heterocycles. The Morgan fingerprint density at radius 3 is 2.12 bits per heavy atom. The molecule has 2 heterocycles. The van der Waals surface area contributed by atoms with Gasteiger partial charge < -0.3 is 20.6 Å². The van der Waals surface area contributed by atoms with E-state index in [0.29, 0.717) is 24.0 Å². The van der Waals surface area contributed by atoms with Crippen molar-refractivity contribution in [3.63, 3.8) is 0 Å². The minimum absolute atomic E-state index is 0.0934. The first-order chi connectivity index (χ1) is 11.4. The van der Waals surface area contributed by atoms with Crippen LogP contribution in [0.4, 0.5) is 5.69 Å². The van der Waals surface area contributed by atoms with Crippen LogP contribution in [0.25, 0.3) is 11.2 Å². The second-order valence-corrected chi connectivity index (χ2v) is 7.52. The third-order valence-corrected chi connectivity index (χ3v) is 3.96. The summed E-state index contributed by atoms with van der Waals surface area (Å²) >= 11 is 0. The Kier molecular flexibility index (Phi) is 5.24. The second kappa shape index (κ2) is 6.75. The molecule has 0 aliphatic rings. The summed E-state index contributed by atoms with van der Waals surface area (Å²) in [6.07, 6.45) is 1.84. The molecule has 0 aliphatic carbocycles. The van der Waals surface area contributed by atoms with Crippen molar-refractivity contribution in [3.8, 4) is 0 Å². The van der Waals surface area contributed by atoms with E-state index in [2.05, 4.69) is 4.98 Å². The van der Waals surface area contributed by atoms with Gasteiger partial charge in [0, 0.05) is 13.1 Å². The SMILES string of the molecule is CC(C)(O)CCn1c(=O)n(CCC(C)(C)O)c2ncc(N([O-])O)cc21. The number of pyridine rings is 1. The number of aliphatic hydroxyl groups is 2. The largest absolute Gasteiger partial charge is 0.733 e. The quantitative estimate of drug-likeness (QED) is 0.639. The van der Waals surface area contributed by atoms with Crippen LogP contribution in [0.3, 0.4) is 0 Å². The lowest BCUT2D eigenvalue weighted by molar-refractivity contribution is 0.0653. The summed E-state index contributed by atoms with van der Waals surface area (Å²) < 4.78 is 2.84. The molecule has 0 saturated carbocycles. The summed E-state index contributed by atoms with van der Waals surface area (Å²) in [6.45, 7) is 7.06. The average molecular weight is 353 g/mol. The van der Waals surface area contributed by atoms with E-state index >= 15 is 0 Å². The van der Waals surface area contributed by atoms with E-state index in [1.165, 1.54) is 21.4 Å². The smallest absolute Gasteiger partial charge is 0.330 e. The number of hydrogen-bond donors (Lipinski definition) is 3. The number of fused-ring (bicyclic) bond motifs is 1. The van der Waals surface area contributed by atoms with Gasteiger partial charge in [0.2, 0.25) is 0 Å². The van der Waals surface area contributed by atoms with Crippen molar-refractivity contribution in [1.82, 2.24) is 14.1 Å². The van der Waals surface area contributed by atoms with E-state index in [1.807, 2.05) is 0 Å². The highest BCUT2D eigenvalue weighted by molar-refractivity contribution is 5.76. The normalized spacial score (nSPS) is 12.8. The van der Waals surface area contributed by atoms with Crippen LogP contribution in [0.1, 0.15) is 40.5 Å². The van der Waals surface area contributed by atoms with E-state index in [1.54, 1.807) is 27.7 Å². The predicted octanol–water partition coefficient (Wildman–Crippen LogP) is 1.21. The van der Waals surface area contributed by atoms with E-state index in [4.69, 9.17) is 5.21 Å². The van der Waals surface area contributed by atoms with Gasteiger partial charge >= 0.3 is 5.69 Å². The fourth-order valence-electron chi connectivity index (χ4n) is 2.47. The Morgan fingerprint density at radius 1 is 1.12 bits per heavy atom. The summed E-state index contributed by atoms with van der Waals surface area (Å²) in [6, 6.07) is 1.38. The molecule has 9 heteroatoms. The topological polar surface area (TPSA) is 127 Å². The number of aromatic nitrogens is 3. The molecule has 3 N–H and O–H groups in total. The van der Waals surface area contributed by atoms with Crippen LogP contribution in [0.5, 0.6) is 0 Å². The minimum atomic E-state index is -0.965. The first kappa shape index (κ1) is 19.4. The van der Waals surface area contributed by atoms with Crippen LogP contribution >= 0.6 is 0 Å². The van der Waals surface area contributed by atoms with Gasteiger partial charge in [0.1, 0.15) is 0 Å². The molecule has 9 nitrogen and oxygen atoms in total. The Bertz CT molecular complexity index is 796. The number of imidazole rings is 1. The highest BCUT2D eigenvalue weighted by Gasteiger charge is 2.20. The fraction of sp³-hybridized carbons (Fsp3) is 0.625. The maximum absolute atomic E-state index is 12.8. The molecule has 2 rings (SSSR count). The lowest BCUT2D eigenvalue weighted by Crippen LogP contribution is -2.30. The van der Waals surface area contributed by atoms with Gasteiger partial charge in [-0.15, -0.1) is 0 Å². The second-order valence-electron chi connectivity index (χ2n) is 7.52. The zero-order valence-corrected chi connectivity index (χ0v) is 14.9. The zero-order valence-electron chi connectivity index (χ0n) is 14.9. The third-order valence-electron chi connectivity index (χ3n) is 3.96. The maximum Gasteiger partial charge on any atom is 0.330 e. The first-order valence-electron chi connectivity index (χ1n) is 8.09. The standard InChI is InChI=1S/C16H25N4O5/c1-15(2,22)5-7-18-12-9-11(20(24)25)10-17-13(12)19(14(18)21)8-6-16(3,4)23/h9-10,22-24H,5-8H2,1-4H3/q-1. The molecular weight excluding hydrogens is 328 g/mol. The van der Waals surface area contributed by atoms with Crippen LogP contribution < -0.4 is 10.9 Å². The van der Waals surface area contributed by atoms with Crippen molar-refractivity contribution in [2.75, 3.05) is 5.23 Å². The molecule has 2 aromatic heterocycles. The Hall–Kier alpha value is -1.94. The molecule has 0 amide bonds. The number of rotatable bonds is 7. The fourth-order valence-corrected chi connectivity index (χ4v) is 2.47. The van der Waals surface area contributed by atoms with Crippen LogP contribution in [0.15, 0.2) is 17.1 Å². The van der Waals surface area contributed by atoms with Gasteiger partial charge in [-0.2, -0.15) is 0 Å². The molecule has 0 atom stereocenters. The number of aryl methyl sites for hydroxylation is 2. The Balaban J connectivity index is 2.53. The monoisotopic (exact) mass is 353 g/mol. The molecule has 0 aromatic carbocycles. The summed E-state index contributed by atoms with van der Waals surface area (Å²) in [7, 11) is 0. The Labute approximate surface area is 145 Å². The van der Waals surface area contributed by atoms with Crippen LogP contribution in [-0.4, -0.2) is 40.7 Å². The van der Waals surface area contributed by atoms with E-state index < -0.39 is 11.2 Å². The summed E-state index contributed by atoms with van der Waals surface area (Å²) in [5.41, 5.74) is -1.61. The van der Waals surface area contributed by atoms with Crippen molar-refractivity contribution in [3.05, 3.63) is 28.0 Å². The van der Waals surface area contributed by atoms with Crippen molar-refractivity contribution in [2.24, 2.45) is 0 Å². The number of hydrogen-bond acceptors (Lipinski definition) is 7. The van der Waals surface area contributed by atoms with Gasteiger partial charge in [-0.3, -0.25) is 14.3 Å². The van der Waals surface area contributed by atoms with Gasteiger partial charge in [0.25, 0.3) is 0 Å². The van der Waals surface area contributed by atoms with Crippen molar-refractivity contribution >= 4 is 16.9 Å². The number of nitrogens with zero attached hydrogens (tertiary/aromatic N) is 4. The van der Waals surface area contributed by atoms with Crippen LogP contribution in [0.2, 0.25) is 0 Å². The van der Waals surface area contributed by atoms with Gasteiger partial charge in [0.05, 0.1) is 28.6 Å². The van der Waals surface area contributed by atoms with Gasteiger partial charge in [0.15, 0.2) is 5.65 Å². The highest BCUT2D eigenvalue weighted by Crippen LogP contribution is 2.21. The molecule has 0 fully saturated rings. The van der Waals surface area contributed by atoms with E-state index in [0.717, 1.165) is 0 Å². The molecule has 0 unspecified atom stereocenters. The molecule has 2 aromatic rings. The Morgan fingerprint density at radius 2 is 1.64 bits per heavy atom. The van der Waals surface area contributed by atoms with Gasteiger partial charge in [-0.1, -0.05) is 0 Å². The van der Waals surface area contributed by atoms with Gasteiger partial charge in [-0.05, 0) is 46.6 Å². The lowest BCUT2D eigenvalue weighted by atomic mass is 10.1. The summed E-state index contributed by atoms with van der Waals surface area (Å²) in [5.74, 6) is 0. The summed E-state index contributed by atoms with van der Waals surface area (Å²) in [5, 5.41) is 39.8. The van der Waals surface area contributed by atoms with Crippen LogP contribution in [-0.2, 0) is 13.1 Å². The summed E-state index contributed by atoms with van der Waals surface area (Å²) in [4.78, 5) is 16.9. The minimum Gasteiger partial charge on any atom is -0.733 e. The molecule has 0 radical (unpaired) electrons. The molecule has 0 bridgehead atoms. The van der Waals surface area contributed by atoms with E-state index in [9.17, 15) is 20.2 Å². The highest BCUT2D eigenvalue weighted by atomic mass is 16.8. The van der Waals surface area contributed by atoms with Crippen molar-refractivity contribution in [2.45, 2.75) is 64.8 Å². The van der Waals surface area contributed by atoms with Crippen LogP contribution in [0, 0.1) is 5.21 Å². The average Bonchev–Trinajstić information content (AvgIpc) is 2.72. The molecule has 140 valence electrons. The first-order valence-corrected chi connectivity index (χ1v) is 8.09. The van der Waals surface area contributed by atoms with Crippen molar-refractivity contribution in [1.29, 1.82) is 0 Å². The molecule has 25 heavy (non-hydrogen) atoms. The number of anilines is 1. The zero-order chi connectivity index (χ0) is 19.0. The van der Waals surface area contributed by atoms with Gasteiger partial charge in [-0.25, -0.2) is 9.78 Å². The van der Waals surface area contributed by atoms with E-state index in [-0.39, 0.29) is 29.7 Å². The molecule has 0 aliphatic heterocycles. The third kappa shape index (κ3) is 4.79. The molecular formula is C16H25N4O5-. The lowest BCUT2D eigenvalue weighted by Gasteiger charge is -2.21. The predicted molar refractivity (Wildman–Crippen MR) is 93.5 cm³/mol. The molecule has 0 spiro atoms.